The summed E-state index contributed by atoms with van der Waals surface area (Å²) in [6.07, 6.45) is 0. The van der Waals surface area contributed by atoms with E-state index in [9.17, 15) is 0 Å². The highest BCUT2D eigenvalue weighted by molar-refractivity contribution is 8.82. The average Bonchev–Trinajstić information content (AvgIpc) is 2.54. The minimum atomic E-state index is 0.653. The zero-order chi connectivity index (χ0) is 10.1. The predicted octanol–water partition coefficient (Wildman–Crippen LogP) is 4.70. The zero-order valence-electron chi connectivity index (χ0n) is 8.66. The van der Waals surface area contributed by atoms with E-state index in [1.807, 2.05) is 21.6 Å². The normalized spacial score (nSPS) is 21.5. The summed E-state index contributed by atoms with van der Waals surface area (Å²) in [5, 5.41) is 1.22. The molecule has 1 aliphatic heterocycles. The molecular formula is C11H14S3. The summed E-state index contributed by atoms with van der Waals surface area (Å²) in [4.78, 5) is 0. The van der Waals surface area contributed by atoms with Gasteiger partial charge in [-0.05, 0) is 37.5 Å². The molecule has 1 aromatic rings. The molecule has 14 heavy (non-hydrogen) atoms. The first-order valence-electron chi connectivity index (χ1n) is 4.66. The lowest BCUT2D eigenvalue weighted by Crippen LogP contribution is -1.95. The second-order valence-corrected chi connectivity index (χ2v) is 7.87. The molecule has 1 aliphatic rings. The third kappa shape index (κ3) is 2.10. The van der Waals surface area contributed by atoms with Gasteiger partial charge in [0.05, 0.1) is 9.67 Å². The molecule has 3 heteroatoms. The Hall–Kier alpha value is 0.270. The summed E-state index contributed by atoms with van der Waals surface area (Å²) in [6.45, 7) is 6.65. The molecule has 0 aromatic heterocycles. The lowest BCUT2D eigenvalue weighted by Gasteiger charge is -2.15. The molecular weight excluding hydrogens is 228 g/mol. The van der Waals surface area contributed by atoms with Crippen LogP contribution < -0.4 is 0 Å². The molecule has 0 spiro atoms. The van der Waals surface area contributed by atoms with Crippen LogP contribution in [0.4, 0.5) is 0 Å². The highest BCUT2D eigenvalue weighted by atomic mass is 33.1. The molecule has 0 saturated carbocycles. The first-order chi connectivity index (χ1) is 6.68. The molecule has 1 heterocycles. The quantitative estimate of drug-likeness (QED) is 0.655. The van der Waals surface area contributed by atoms with Crippen molar-refractivity contribution in [2.45, 2.75) is 25.4 Å². The average molecular weight is 242 g/mol. The monoisotopic (exact) mass is 242 g/mol. The van der Waals surface area contributed by atoms with Gasteiger partial charge in [0, 0.05) is 0 Å². The van der Waals surface area contributed by atoms with Crippen LogP contribution in [0.3, 0.4) is 0 Å². The lowest BCUT2D eigenvalue weighted by atomic mass is 10.0. The van der Waals surface area contributed by atoms with Crippen LogP contribution in [0.5, 0.6) is 0 Å². The molecule has 0 bridgehead atoms. The van der Waals surface area contributed by atoms with Crippen molar-refractivity contribution in [1.82, 2.24) is 0 Å². The van der Waals surface area contributed by atoms with Gasteiger partial charge in [0.2, 0.25) is 0 Å². The molecule has 76 valence electrons. The summed E-state index contributed by atoms with van der Waals surface area (Å²) in [5.74, 6) is 0. The van der Waals surface area contributed by atoms with Gasteiger partial charge in [-0.3, -0.25) is 0 Å². The Balaban J connectivity index is 2.40. The standard InChI is InChI=1S/C11H14S3/c1-7-4-8(2)10(9(3)5-7)11-12-6-13-14-11/h4-5,11H,6H2,1-3H3. The van der Waals surface area contributed by atoms with E-state index in [0.29, 0.717) is 4.58 Å². The largest absolute Gasteiger partial charge is 0.130 e. The van der Waals surface area contributed by atoms with Gasteiger partial charge in [0.25, 0.3) is 0 Å². The highest BCUT2D eigenvalue weighted by Gasteiger charge is 2.22. The van der Waals surface area contributed by atoms with Crippen LogP contribution in [0, 0.1) is 20.8 Å². The number of benzene rings is 1. The van der Waals surface area contributed by atoms with E-state index < -0.39 is 0 Å². The van der Waals surface area contributed by atoms with E-state index >= 15 is 0 Å². The number of hydrogen-bond donors (Lipinski definition) is 0. The van der Waals surface area contributed by atoms with Crippen molar-refractivity contribution in [2.24, 2.45) is 0 Å². The third-order valence-corrected chi connectivity index (χ3v) is 7.32. The fraction of sp³-hybridized carbons (Fsp3) is 0.455. The van der Waals surface area contributed by atoms with E-state index in [-0.39, 0.29) is 0 Å². The Morgan fingerprint density at radius 1 is 1.14 bits per heavy atom. The number of thioether (sulfide) groups is 1. The van der Waals surface area contributed by atoms with Crippen molar-refractivity contribution >= 4 is 33.3 Å². The molecule has 1 atom stereocenters. The maximum Gasteiger partial charge on any atom is 0.0868 e. The van der Waals surface area contributed by atoms with E-state index in [4.69, 9.17) is 0 Å². The predicted molar refractivity (Wildman–Crippen MR) is 71.0 cm³/mol. The van der Waals surface area contributed by atoms with Crippen molar-refractivity contribution in [2.75, 3.05) is 5.08 Å². The van der Waals surface area contributed by atoms with E-state index in [2.05, 4.69) is 44.7 Å². The van der Waals surface area contributed by atoms with E-state index in [0.717, 1.165) is 0 Å². The third-order valence-electron chi connectivity index (χ3n) is 2.40. The van der Waals surface area contributed by atoms with Crippen molar-refractivity contribution in [3.63, 3.8) is 0 Å². The molecule has 0 nitrogen and oxygen atoms in total. The van der Waals surface area contributed by atoms with Gasteiger partial charge in [-0.2, -0.15) is 0 Å². The van der Waals surface area contributed by atoms with Crippen LogP contribution in [0.1, 0.15) is 26.8 Å². The second-order valence-electron chi connectivity index (χ2n) is 3.64. The van der Waals surface area contributed by atoms with Crippen LogP contribution in [-0.4, -0.2) is 5.08 Å². The van der Waals surface area contributed by atoms with Gasteiger partial charge >= 0.3 is 0 Å². The molecule has 1 saturated heterocycles. The minimum Gasteiger partial charge on any atom is -0.130 e. The maximum atomic E-state index is 2.30. The van der Waals surface area contributed by atoms with Crippen LogP contribution in [-0.2, 0) is 0 Å². The van der Waals surface area contributed by atoms with Gasteiger partial charge in [-0.15, -0.1) is 11.8 Å². The van der Waals surface area contributed by atoms with Crippen molar-refractivity contribution in [3.05, 3.63) is 34.4 Å². The topological polar surface area (TPSA) is 0 Å². The van der Waals surface area contributed by atoms with Crippen LogP contribution >= 0.6 is 33.3 Å². The SMILES string of the molecule is Cc1cc(C)c(C2SCSS2)c(C)c1. The van der Waals surface area contributed by atoms with Gasteiger partial charge in [0.1, 0.15) is 0 Å². The summed E-state index contributed by atoms with van der Waals surface area (Å²) < 4.78 is 0.653. The van der Waals surface area contributed by atoms with Crippen molar-refractivity contribution < 1.29 is 0 Å². The molecule has 0 N–H and O–H groups in total. The fourth-order valence-electron chi connectivity index (χ4n) is 1.90. The first kappa shape index (κ1) is 10.8. The Morgan fingerprint density at radius 3 is 2.29 bits per heavy atom. The van der Waals surface area contributed by atoms with Crippen LogP contribution in [0.25, 0.3) is 0 Å². The Morgan fingerprint density at radius 2 is 1.79 bits per heavy atom. The Bertz CT molecular complexity index is 317. The van der Waals surface area contributed by atoms with Crippen molar-refractivity contribution in [1.29, 1.82) is 0 Å². The number of rotatable bonds is 1. The molecule has 1 fully saturated rings. The summed E-state index contributed by atoms with van der Waals surface area (Å²) in [7, 11) is 3.99. The van der Waals surface area contributed by atoms with E-state index in [1.54, 1.807) is 5.56 Å². The summed E-state index contributed by atoms with van der Waals surface area (Å²) >= 11 is 2.06. The maximum absolute atomic E-state index is 2.30. The molecule has 0 radical (unpaired) electrons. The lowest BCUT2D eigenvalue weighted by molar-refractivity contribution is 1.20. The fourth-order valence-corrected chi connectivity index (χ4v) is 7.35. The van der Waals surface area contributed by atoms with Gasteiger partial charge in [-0.1, -0.05) is 39.3 Å². The number of hydrogen-bond acceptors (Lipinski definition) is 3. The molecule has 2 rings (SSSR count). The molecule has 1 unspecified atom stereocenters. The zero-order valence-corrected chi connectivity index (χ0v) is 11.1. The molecule has 0 amide bonds. The molecule has 1 aromatic carbocycles. The van der Waals surface area contributed by atoms with Gasteiger partial charge < -0.3 is 0 Å². The van der Waals surface area contributed by atoms with Crippen LogP contribution in [0.2, 0.25) is 0 Å². The summed E-state index contributed by atoms with van der Waals surface area (Å²) in [6, 6.07) is 4.60. The first-order valence-corrected chi connectivity index (χ1v) is 8.09. The van der Waals surface area contributed by atoms with Crippen LogP contribution in [0.15, 0.2) is 12.1 Å². The smallest absolute Gasteiger partial charge is 0.0868 e. The Kier molecular flexibility index (Phi) is 3.40. The molecule has 0 aliphatic carbocycles. The van der Waals surface area contributed by atoms with E-state index in [1.165, 1.54) is 21.8 Å². The van der Waals surface area contributed by atoms with Gasteiger partial charge in [-0.25, -0.2) is 0 Å². The number of aryl methyl sites for hydroxylation is 3. The minimum absolute atomic E-state index is 0.653. The van der Waals surface area contributed by atoms with Crippen molar-refractivity contribution in [3.8, 4) is 0 Å². The highest BCUT2D eigenvalue weighted by Crippen LogP contribution is 2.56. The summed E-state index contributed by atoms with van der Waals surface area (Å²) in [5.41, 5.74) is 5.84. The Labute approximate surface area is 98.0 Å². The van der Waals surface area contributed by atoms with Gasteiger partial charge in [0.15, 0.2) is 0 Å². The second kappa shape index (κ2) is 4.42.